The highest BCUT2D eigenvalue weighted by atomic mass is 127. The highest BCUT2D eigenvalue weighted by Gasteiger charge is 1.98. The predicted octanol–water partition coefficient (Wildman–Crippen LogP) is 6.71. The van der Waals surface area contributed by atoms with E-state index in [-0.39, 0.29) is 24.0 Å². The van der Waals surface area contributed by atoms with Gasteiger partial charge in [0.05, 0.1) is 6.61 Å². The highest BCUT2D eigenvalue weighted by Crippen LogP contribution is 2.22. The van der Waals surface area contributed by atoms with E-state index in [1.807, 2.05) is 6.07 Å². The summed E-state index contributed by atoms with van der Waals surface area (Å²) in [7, 11) is 0. The van der Waals surface area contributed by atoms with E-state index in [0.717, 1.165) is 18.8 Å². The molecule has 0 bridgehead atoms. The molecule has 0 atom stereocenters. The van der Waals surface area contributed by atoms with Crippen molar-refractivity contribution in [3.05, 3.63) is 54.6 Å². The van der Waals surface area contributed by atoms with Crippen LogP contribution in [0.5, 0.6) is 5.75 Å². The molecule has 0 aliphatic rings. The summed E-state index contributed by atoms with van der Waals surface area (Å²) in [4.78, 5) is 0. The molecule has 120 valence electrons. The second kappa shape index (κ2) is 11.5. The maximum absolute atomic E-state index is 5.80. The van der Waals surface area contributed by atoms with E-state index in [4.69, 9.17) is 4.74 Å². The molecule has 0 aliphatic heterocycles. The van der Waals surface area contributed by atoms with Crippen LogP contribution in [0.25, 0.3) is 11.1 Å². The first-order chi connectivity index (χ1) is 10.4. The van der Waals surface area contributed by atoms with E-state index in [1.54, 1.807) is 0 Å². The average molecular weight is 410 g/mol. The topological polar surface area (TPSA) is 9.23 Å². The molecule has 0 saturated heterocycles. The van der Waals surface area contributed by atoms with Crippen LogP contribution in [0.4, 0.5) is 0 Å². The Morgan fingerprint density at radius 2 is 1.27 bits per heavy atom. The minimum Gasteiger partial charge on any atom is -0.494 e. The van der Waals surface area contributed by atoms with Crippen LogP contribution in [0, 0.1) is 0 Å². The molecule has 0 aliphatic carbocycles. The summed E-state index contributed by atoms with van der Waals surface area (Å²) in [5.41, 5.74) is 2.49. The Kier molecular flexibility index (Phi) is 9.96. The number of benzene rings is 2. The second-order valence-electron chi connectivity index (χ2n) is 5.51. The van der Waals surface area contributed by atoms with Crippen molar-refractivity contribution in [1.82, 2.24) is 0 Å². The lowest BCUT2D eigenvalue weighted by Gasteiger charge is -2.07. The van der Waals surface area contributed by atoms with Gasteiger partial charge in [-0.25, -0.2) is 0 Å². The van der Waals surface area contributed by atoms with Gasteiger partial charge >= 0.3 is 0 Å². The molecule has 0 fully saturated rings. The van der Waals surface area contributed by atoms with Gasteiger partial charge < -0.3 is 4.74 Å². The van der Waals surface area contributed by atoms with Crippen LogP contribution in [0.2, 0.25) is 0 Å². The molecule has 2 aromatic rings. The van der Waals surface area contributed by atoms with Crippen molar-refractivity contribution < 1.29 is 4.74 Å². The Morgan fingerprint density at radius 3 is 1.95 bits per heavy atom. The van der Waals surface area contributed by atoms with Crippen LogP contribution < -0.4 is 4.74 Å². The number of halogens is 1. The van der Waals surface area contributed by atoms with E-state index in [9.17, 15) is 0 Å². The summed E-state index contributed by atoms with van der Waals surface area (Å²) in [6.07, 6.45) is 7.81. The van der Waals surface area contributed by atoms with Gasteiger partial charge in [0.2, 0.25) is 0 Å². The molecule has 1 nitrogen and oxygen atoms in total. The van der Waals surface area contributed by atoms with Gasteiger partial charge in [-0.2, -0.15) is 0 Å². The van der Waals surface area contributed by atoms with Gasteiger partial charge in [-0.15, -0.1) is 24.0 Å². The summed E-state index contributed by atoms with van der Waals surface area (Å²) in [6.45, 7) is 3.08. The van der Waals surface area contributed by atoms with Crippen molar-refractivity contribution in [2.24, 2.45) is 0 Å². The van der Waals surface area contributed by atoms with Crippen LogP contribution in [-0.2, 0) is 0 Å². The Morgan fingerprint density at radius 1 is 0.682 bits per heavy atom. The van der Waals surface area contributed by atoms with Gasteiger partial charge in [-0.1, -0.05) is 81.5 Å². The molecule has 0 N–H and O–H groups in total. The van der Waals surface area contributed by atoms with Crippen molar-refractivity contribution >= 4 is 24.0 Å². The first-order valence-corrected chi connectivity index (χ1v) is 8.18. The molecular weight excluding hydrogens is 383 g/mol. The fraction of sp³-hybridized carbons (Fsp3) is 0.400. The van der Waals surface area contributed by atoms with Gasteiger partial charge in [0.15, 0.2) is 0 Å². The lowest BCUT2D eigenvalue weighted by atomic mass is 10.1. The number of hydrogen-bond donors (Lipinski definition) is 0. The molecule has 0 spiro atoms. The zero-order chi connectivity index (χ0) is 14.8. The number of unbranched alkanes of at least 4 members (excludes halogenated alkanes) is 5. The van der Waals surface area contributed by atoms with Crippen molar-refractivity contribution in [1.29, 1.82) is 0 Å². The van der Waals surface area contributed by atoms with Crippen molar-refractivity contribution in [3.63, 3.8) is 0 Å². The molecule has 0 amide bonds. The summed E-state index contributed by atoms with van der Waals surface area (Å²) in [5.74, 6) is 0.975. The van der Waals surface area contributed by atoms with Crippen LogP contribution in [0.3, 0.4) is 0 Å². The zero-order valence-electron chi connectivity index (χ0n) is 13.5. The Hall–Kier alpha value is -1.03. The average Bonchev–Trinajstić information content (AvgIpc) is 2.55. The molecule has 22 heavy (non-hydrogen) atoms. The van der Waals surface area contributed by atoms with Gasteiger partial charge in [-0.3, -0.25) is 0 Å². The van der Waals surface area contributed by atoms with Gasteiger partial charge in [0.1, 0.15) is 5.75 Å². The number of rotatable bonds is 9. The fourth-order valence-electron chi connectivity index (χ4n) is 2.45. The monoisotopic (exact) mass is 410 g/mol. The molecule has 2 rings (SSSR count). The molecule has 2 heteroatoms. The van der Waals surface area contributed by atoms with Crippen LogP contribution >= 0.6 is 24.0 Å². The number of ether oxygens (including phenoxy) is 1. The smallest absolute Gasteiger partial charge is 0.119 e. The zero-order valence-corrected chi connectivity index (χ0v) is 15.8. The number of hydrogen-bond acceptors (Lipinski definition) is 1. The van der Waals surface area contributed by atoms with E-state index < -0.39 is 0 Å². The third kappa shape index (κ3) is 6.82. The summed E-state index contributed by atoms with van der Waals surface area (Å²) < 4.78 is 5.80. The Labute approximate surface area is 152 Å². The first-order valence-electron chi connectivity index (χ1n) is 8.18. The molecule has 0 unspecified atom stereocenters. The quantitative estimate of drug-likeness (QED) is 0.330. The maximum Gasteiger partial charge on any atom is 0.119 e. The molecule has 0 heterocycles. The predicted molar refractivity (Wildman–Crippen MR) is 106 cm³/mol. The second-order valence-corrected chi connectivity index (χ2v) is 5.51. The van der Waals surface area contributed by atoms with E-state index in [2.05, 4.69) is 55.5 Å². The summed E-state index contributed by atoms with van der Waals surface area (Å²) in [6, 6.07) is 18.8. The molecule has 2 aromatic carbocycles. The lowest BCUT2D eigenvalue weighted by Crippen LogP contribution is -1.97. The van der Waals surface area contributed by atoms with E-state index in [0.29, 0.717) is 0 Å². The Balaban J connectivity index is 0.00000242. The first kappa shape index (κ1) is 19.0. The van der Waals surface area contributed by atoms with E-state index in [1.165, 1.54) is 43.2 Å². The van der Waals surface area contributed by atoms with Gasteiger partial charge in [-0.05, 0) is 29.7 Å². The van der Waals surface area contributed by atoms with Crippen LogP contribution in [0.15, 0.2) is 54.6 Å². The van der Waals surface area contributed by atoms with Gasteiger partial charge in [0.25, 0.3) is 0 Å². The third-order valence-electron chi connectivity index (χ3n) is 3.73. The largest absolute Gasteiger partial charge is 0.494 e. The molecular formula is C20H27IO. The summed E-state index contributed by atoms with van der Waals surface area (Å²) >= 11 is 0. The molecule has 0 aromatic heterocycles. The fourth-order valence-corrected chi connectivity index (χ4v) is 2.45. The third-order valence-corrected chi connectivity index (χ3v) is 3.73. The van der Waals surface area contributed by atoms with Crippen molar-refractivity contribution in [3.8, 4) is 16.9 Å². The van der Waals surface area contributed by atoms with E-state index >= 15 is 0 Å². The maximum atomic E-state index is 5.80. The lowest BCUT2D eigenvalue weighted by molar-refractivity contribution is 0.304. The van der Waals surface area contributed by atoms with Crippen molar-refractivity contribution in [2.45, 2.75) is 45.4 Å². The molecule has 0 radical (unpaired) electrons. The van der Waals surface area contributed by atoms with Crippen molar-refractivity contribution in [2.75, 3.05) is 6.61 Å². The molecule has 0 saturated carbocycles. The minimum absolute atomic E-state index is 0. The Bertz CT molecular complexity index is 493. The minimum atomic E-state index is 0. The van der Waals surface area contributed by atoms with Crippen LogP contribution in [-0.4, -0.2) is 6.61 Å². The standard InChI is InChI=1S/C20H26O.HI/c1-2-3-4-5-6-10-17-21-20-15-13-19(14-16-20)18-11-8-7-9-12-18;/h7-9,11-16H,2-6,10,17H2,1H3;1H. The highest BCUT2D eigenvalue weighted by molar-refractivity contribution is 14.0. The SMILES string of the molecule is CCCCCCCCOc1ccc(-c2ccccc2)cc1.I. The summed E-state index contributed by atoms with van der Waals surface area (Å²) in [5, 5.41) is 0. The normalized spacial score (nSPS) is 10.0. The van der Waals surface area contributed by atoms with Crippen LogP contribution in [0.1, 0.15) is 45.4 Å². The van der Waals surface area contributed by atoms with Gasteiger partial charge in [0, 0.05) is 0 Å².